The molecule has 2 aromatic heterocycles. The number of ketones is 1. The molecule has 2 aromatic carbocycles. The number of imidazole rings is 1. The zero-order valence-corrected chi connectivity index (χ0v) is 20.8. The van der Waals surface area contributed by atoms with Gasteiger partial charge >= 0.3 is 0 Å². The van der Waals surface area contributed by atoms with Crippen LogP contribution < -0.4 is 9.64 Å². The third kappa shape index (κ3) is 4.93. The van der Waals surface area contributed by atoms with Crippen molar-refractivity contribution in [2.24, 2.45) is 0 Å². The highest BCUT2D eigenvalue weighted by Crippen LogP contribution is 2.26. The Kier molecular flexibility index (Phi) is 6.55. The number of nitrogens with zero attached hydrogens (tertiary/aromatic N) is 4. The van der Waals surface area contributed by atoms with Gasteiger partial charge in [-0.15, -0.1) is 11.3 Å². The number of amides is 1. The van der Waals surface area contributed by atoms with Crippen LogP contribution in [0.25, 0.3) is 16.2 Å². The van der Waals surface area contributed by atoms with E-state index in [1.807, 2.05) is 76.3 Å². The number of Topliss-reactive ketones (excluding diaryl/α,β-unsaturated/α-hetero) is 1. The molecule has 4 aromatic rings. The van der Waals surface area contributed by atoms with Gasteiger partial charge in [0.2, 0.25) is 5.91 Å². The molecule has 1 aliphatic rings. The summed E-state index contributed by atoms with van der Waals surface area (Å²) < 4.78 is 7.55. The van der Waals surface area contributed by atoms with Crippen molar-refractivity contribution in [3.63, 3.8) is 0 Å². The lowest BCUT2D eigenvalue weighted by molar-refractivity contribution is -0.130. The molecule has 0 atom stereocenters. The Morgan fingerprint density at radius 1 is 1.00 bits per heavy atom. The molecule has 1 amide bonds. The summed E-state index contributed by atoms with van der Waals surface area (Å²) in [6.45, 7) is 7.10. The van der Waals surface area contributed by atoms with Gasteiger partial charge in [-0.05, 0) is 62.4 Å². The minimum absolute atomic E-state index is 0.0685. The van der Waals surface area contributed by atoms with Gasteiger partial charge in [0.1, 0.15) is 5.75 Å². The first kappa shape index (κ1) is 23.1. The van der Waals surface area contributed by atoms with Crippen molar-refractivity contribution in [2.75, 3.05) is 37.7 Å². The second-order valence-corrected chi connectivity index (χ2v) is 9.45. The van der Waals surface area contributed by atoms with E-state index in [2.05, 4.69) is 4.90 Å². The maximum absolute atomic E-state index is 13.1. The summed E-state index contributed by atoms with van der Waals surface area (Å²) in [7, 11) is 0. The van der Waals surface area contributed by atoms with Gasteiger partial charge in [-0.25, -0.2) is 4.98 Å². The minimum atomic E-state index is 0.0685. The van der Waals surface area contributed by atoms with Gasteiger partial charge in [0.25, 0.3) is 0 Å². The van der Waals surface area contributed by atoms with Crippen LogP contribution in [0, 0.1) is 0 Å². The van der Waals surface area contributed by atoms with Crippen molar-refractivity contribution >= 4 is 33.7 Å². The van der Waals surface area contributed by atoms with Crippen LogP contribution in [0.1, 0.15) is 29.9 Å². The summed E-state index contributed by atoms with van der Waals surface area (Å²) in [5, 5.41) is 2.02. The number of carbonyl (C=O) groups is 2. The lowest BCUT2D eigenvalue weighted by Gasteiger charge is -2.36. The number of piperazine rings is 1. The fourth-order valence-corrected chi connectivity index (χ4v) is 5.24. The number of hydrogen-bond donors (Lipinski definition) is 0. The summed E-state index contributed by atoms with van der Waals surface area (Å²) >= 11 is 1.55. The molecular weight excluding hydrogens is 460 g/mol. The molecule has 0 bridgehead atoms. The van der Waals surface area contributed by atoms with Crippen molar-refractivity contribution in [3.05, 3.63) is 71.4 Å². The number of fused-ring (bicyclic) bond motifs is 1. The highest BCUT2D eigenvalue weighted by molar-refractivity contribution is 7.15. The third-order valence-corrected chi connectivity index (χ3v) is 7.24. The quantitative estimate of drug-likeness (QED) is 0.357. The van der Waals surface area contributed by atoms with Gasteiger partial charge < -0.3 is 14.5 Å². The molecule has 5 rings (SSSR count). The van der Waals surface area contributed by atoms with E-state index >= 15 is 0 Å². The summed E-state index contributed by atoms with van der Waals surface area (Å²) in [5.41, 5.74) is 4.67. The Balaban J connectivity index is 1.22. The predicted molar refractivity (Wildman–Crippen MR) is 139 cm³/mol. The third-order valence-electron chi connectivity index (χ3n) is 6.35. The Morgan fingerprint density at radius 3 is 2.37 bits per heavy atom. The number of benzene rings is 2. The van der Waals surface area contributed by atoms with Crippen LogP contribution >= 0.6 is 11.3 Å². The topological polar surface area (TPSA) is 67.2 Å². The van der Waals surface area contributed by atoms with Gasteiger partial charge in [-0.2, -0.15) is 0 Å². The predicted octanol–water partition coefficient (Wildman–Crippen LogP) is 4.56. The largest absolute Gasteiger partial charge is 0.494 e. The van der Waals surface area contributed by atoms with Crippen molar-refractivity contribution < 1.29 is 14.3 Å². The van der Waals surface area contributed by atoms with E-state index < -0.39 is 0 Å². The van der Waals surface area contributed by atoms with Gasteiger partial charge in [0.05, 0.1) is 18.7 Å². The van der Waals surface area contributed by atoms with Gasteiger partial charge in [0.15, 0.2) is 10.7 Å². The first-order chi connectivity index (χ1) is 17.0. The van der Waals surface area contributed by atoms with Gasteiger partial charge in [-0.1, -0.05) is 0 Å². The molecular formula is C27H28N4O3S. The van der Waals surface area contributed by atoms with E-state index in [4.69, 9.17) is 9.72 Å². The second kappa shape index (κ2) is 9.92. The monoisotopic (exact) mass is 488 g/mol. The molecule has 0 unspecified atom stereocenters. The summed E-state index contributed by atoms with van der Waals surface area (Å²) in [6.07, 6.45) is 2.36. The number of anilines is 1. The van der Waals surface area contributed by atoms with Crippen LogP contribution in [0.2, 0.25) is 0 Å². The maximum Gasteiger partial charge on any atom is 0.228 e. The first-order valence-electron chi connectivity index (χ1n) is 11.8. The number of ether oxygens (including phenoxy) is 1. The SMILES string of the molecule is CCOc1ccc(-c2cn3c(CC(=O)N4CCN(c5ccc(C(C)=O)cc5)CC4)csc3n2)cc1. The molecule has 0 spiro atoms. The Labute approximate surface area is 208 Å². The van der Waals surface area contributed by atoms with Crippen molar-refractivity contribution in [2.45, 2.75) is 20.3 Å². The van der Waals surface area contributed by atoms with Crippen LogP contribution in [-0.2, 0) is 11.2 Å². The first-order valence-corrected chi connectivity index (χ1v) is 12.7. The minimum Gasteiger partial charge on any atom is -0.494 e. The standard InChI is InChI=1S/C27H28N4O3S/c1-3-34-24-10-6-21(7-11-24)25-17-31-23(18-35-27(31)28-25)16-26(33)30-14-12-29(13-15-30)22-8-4-20(5-9-22)19(2)32/h4-11,17-18H,3,12-16H2,1-2H3. The highest BCUT2D eigenvalue weighted by Gasteiger charge is 2.23. The van der Waals surface area contributed by atoms with Crippen molar-refractivity contribution in [1.82, 2.24) is 14.3 Å². The Morgan fingerprint density at radius 2 is 1.71 bits per heavy atom. The maximum atomic E-state index is 13.1. The summed E-state index contributed by atoms with van der Waals surface area (Å²) in [5.74, 6) is 1.04. The summed E-state index contributed by atoms with van der Waals surface area (Å²) in [6, 6.07) is 15.6. The smallest absolute Gasteiger partial charge is 0.228 e. The fourth-order valence-electron chi connectivity index (χ4n) is 4.37. The number of rotatable bonds is 7. The highest BCUT2D eigenvalue weighted by atomic mass is 32.1. The van der Waals surface area contributed by atoms with E-state index in [-0.39, 0.29) is 11.7 Å². The van der Waals surface area contributed by atoms with Crippen LogP contribution in [0.15, 0.2) is 60.1 Å². The second-order valence-electron chi connectivity index (χ2n) is 8.61. The number of carbonyl (C=O) groups excluding carboxylic acids is 2. The van der Waals surface area contributed by atoms with E-state index in [1.54, 1.807) is 18.3 Å². The number of aromatic nitrogens is 2. The molecule has 0 N–H and O–H groups in total. The normalized spacial score (nSPS) is 13.9. The molecule has 3 heterocycles. The lowest BCUT2D eigenvalue weighted by Crippen LogP contribution is -2.49. The average molecular weight is 489 g/mol. The molecule has 1 aliphatic heterocycles. The molecule has 0 saturated carbocycles. The molecule has 35 heavy (non-hydrogen) atoms. The molecule has 7 nitrogen and oxygen atoms in total. The zero-order chi connectivity index (χ0) is 24.4. The molecule has 0 radical (unpaired) electrons. The summed E-state index contributed by atoms with van der Waals surface area (Å²) in [4.78, 5) is 34.4. The Hall–Kier alpha value is -3.65. The van der Waals surface area contributed by atoms with Gasteiger partial charge in [0, 0.05) is 60.3 Å². The van der Waals surface area contributed by atoms with Gasteiger partial charge in [-0.3, -0.25) is 14.0 Å². The van der Waals surface area contributed by atoms with Crippen LogP contribution in [-0.4, -0.2) is 58.8 Å². The number of hydrogen-bond acceptors (Lipinski definition) is 6. The van der Waals surface area contributed by atoms with E-state index in [0.29, 0.717) is 26.1 Å². The Bertz CT molecular complexity index is 1330. The van der Waals surface area contributed by atoms with E-state index in [0.717, 1.165) is 52.0 Å². The molecule has 180 valence electrons. The molecule has 1 saturated heterocycles. The van der Waals surface area contributed by atoms with Crippen LogP contribution in [0.4, 0.5) is 5.69 Å². The van der Waals surface area contributed by atoms with E-state index in [9.17, 15) is 9.59 Å². The molecule has 8 heteroatoms. The zero-order valence-electron chi connectivity index (χ0n) is 19.9. The molecule has 1 fully saturated rings. The average Bonchev–Trinajstić information content (AvgIpc) is 3.47. The van der Waals surface area contributed by atoms with E-state index in [1.165, 1.54) is 0 Å². The lowest BCUT2D eigenvalue weighted by atomic mass is 10.1. The fraction of sp³-hybridized carbons (Fsp3) is 0.296. The van der Waals surface area contributed by atoms with Crippen LogP contribution in [0.5, 0.6) is 5.75 Å². The number of thiazole rings is 1. The molecule has 0 aliphatic carbocycles. The van der Waals surface area contributed by atoms with Crippen molar-refractivity contribution in [1.29, 1.82) is 0 Å². The van der Waals surface area contributed by atoms with Crippen LogP contribution in [0.3, 0.4) is 0 Å². The van der Waals surface area contributed by atoms with Crippen molar-refractivity contribution in [3.8, 4) is 17.0 Å².